The van der Waals surface area contributed by atoms with Gasteiger partial charge >= 0.3 is 5.97 Å². The molecule has 4 heteroatoms. The zero-order chi connectivity index (χ0) is 9.56. The summed E-state index contributed by atoms with van der Waals surface area (Å²) in [6.45, 7) is 5.35. The summed E-state index contributed by atoms with van der Waals surface area (Å²) in [7, 11) is 1.51. The maximum absolute atomic E-state index is 10.9. The summed E-state index contributed by atoms with van der Waals surface area (Å²) < 4.78 is 9.35. The number of rotatable bonds is 5. The molecule has 0 aliphatic heterocycles. The van der Waals surface area contributed by atoms with Crippen LogP contribution in [0.2, 0.25) is 0 Å². The highest BCUT2D eigenvalue weighted by Gasteiger charge is 2.12. The maximum Gasteiger partial charge on any atom is 0.336 e. The zero-order valence-electron chi connectivity index (χ0n) is 7.37. The Balaban J connectivity index is 3.65. The number of hydrogen-bond donors (Lipinski definition) is 1. The van der Waals surface area contributed by atoms with E-state index in [0.717, 1.165) is 0 Å². The predicted molar refractivity (Wildman–Crippen MR) is 43.7 cm³/mol. The van der Waals surface area contributed by atoms with Crippen LogP contribution in [-0.4, -0.2) is 37.5 Å². The third-order valence-electron chi connectivity index (χ3n) is 1.29. The second kappa shape index (κ2) is 5.74. The van der Waals surface area contributed by atoms with E-state index >= 15 is 0 Å². The second-order valence-corrected chi connectivity index (χ2v) is 2.33. The lowest BCUT2D eigenvalue weighted by atomic mass is 10.2. The van der Waals surface area contributed by atoms with E-state index in [1.807, 2.05) is 0 Å². The van der Waals surface area contributed by atoms with E-state index in [-0.39, 0.29) is 12.2 Å². The number of carbonyl (C=O) groups excluding carboxylic acids is 1. The fourth-order valence-electron chi connectivity index (χ4n) is 0.481. The zero-order valence-corrected chi connectivity index (χ0v) is 7.37. The van der Waals surface area contributed by atoms with Crippen LogP contribution >= 0.6 is 0 Å². The molecule has 0 spiro atoms. The summed E-state index contributed by atoms with van der Waals surface area (Å²) in [5.41, 5.74) is 0.0612. The quantitative estimate of drug-likeness (QED) is 0.365. The fraction of sp³-hybridized carbons (Fsp3) is 0.625. The SMILES string of the molecule is C=C(C(=O)OCCOC)C(C)O. The van der Waals surface area contributed by atoms with Crippen LogP contribution in [0.15, 0.2) is 12.2 Å². The lowest BCUT2D eigenvalue weighted by molar-refractivity contribution is -0.141. The molecule has 0 heterocycles. The van der Waals surface area contributed by atoms with Gasteiger partial charge in [0.05, 0.1) is 18.3 Å². The Hall–Kier alpha value is -0.870. The van der Waals surface area contributed by atoms with Crippen LogP contribution in [0.3, 0.4) is 0 Å². The average molecular weight is 174 g/mol. The van der Waals surface area contributed by atoms with E-state index in [1.165, 1.54) is 14.0 Å². The van der Waals surface area contributed by atoms with Gasteiger partial charge in [-0.3, -0.25) is 0 Å². The van der Waals surface area contributed by atoms with E-state index in [2.05, 4.69) is 16.1 Å². The summed E-state index contributed by atoms with van der Waals surface area (Å²) in [5, 5.41) is 8.92. The van der Waals surface area contributed by atoms with Crippen molar-refractivity contribution < 1.29 is 19.4 Å². The molecule has 0 aliphatic rings. The van der Waals surface area contributed by atoms with Gasteiger partial charge in [-0.25, -0.2) is 4.79 Å². The molecule has 1 unspecified atom stereocenters. The van der Waals surface area contributed by atoms with Gasteiger partial charge in [-0.1, -0.05) is 6.58 Å². The molecule has 12 heavy (non-hydrogen) atoms. The third kappa shape index (κ3) is 4.10. The molecule has 0 aromatic heterocycles. The molecule has 0 aromatic rings. The second-order valence-electron chi connectivity index (χ2n) is 2.33. The minimum atomic E-state index is -0.861. The van der Waals surface area contributed by atoms with Gasteiger partial charge in [0.15, 0.2) is 0 Å². The van der Waals surface area contributed by atoms with E-state index in [0.29, 0.717) is 6.61 Å². The van der Waals surface area contributed by atoms with Crippen molar-refractivity contribution in [2.75, 3.05) is 20.3 Å². The topological polar surface area (TPSA) is 55.8 Å². The van der Waals surface area contributed by atoms with Gasteiger partial charge in [0.2, 0.25) is 0 Å². The highest BCUT2D eigenvalue weighted by Crippen LogP contribution is 2.00. The van der Waals surface area contributed by atoms with Crippen molar-refractivity contribution >= 4 is 5.97 Å². The molecule has 1 N–H and O–H groups in total. The standard InChI is InChI=1S/C8H14O4/c1-6(7(2)9)8(10)12-5-4-11-3/h7,9H,1,4-5H2,2-3H3. The number of hydrogen-bond acceptors (Lipinski definition) is 4. The minimum absolute atomic E-state index is 0.0612. The molecule has 0 rings (SSSR count). The molecule has 0 aromatic carbocycles. The number of methoxy groups -OCH3 is 1. The largest absolute Gasteiger partial charge is 0.460 e. The highest BCUT2D eigenvalue weighted by molar-refractivity contribution is 5.88. The van der Waals surface area contributed by atoms with Crippen molar-refractivity contribution in [3.8, 4) is 0 Å². The van der Waals surface area contributed by atoms with Gasteiger partial charge in [-0.2, -0.15) is 0 Å². The molecular weight excluding hydrogens is 160 g/mol. The summed E-state index contributed by atoms with van der Waals surface area (Å²) in [6.07, 6.45) is -0.861. The first-order valence-electron chi connectivity index (χ1n) is 3.62. The monoisotopic (exact) mass is 174 g/mol. The van der Waals surface area contributed by atoms with Gasteiger partial charge in [-0.15, -0.1) is 0 Å². The van der Waals surface area contributed by atoms with Crippen molar-refractivity contribution in [1.29, 1.82) is 0 Å². The first-order valence-corrected chi connectivity index (χ1v) is 3.62. The molecule has 70 valence electrons. The molecule has 0 saturated carbocycles. The number of ether oxygens (including phenoxy) is 2. The molecule has 0 fully saturated rings. The minimum Gasteiger partial charge on any atom is -0.460 e. The van der Waals surface area contributed by atoms with Gasteiger partial charge in [0.1, 0.15) is 6.61 Å². The van der Waals surface area contributed by atoms with Crippen molar-refractivity contribution in [1.82, 2.24) is 0 Å². The van der Waals surface area contributed by atoms with Crippen molar-refractivity contribution in [3.63, 3.8) is 0 Å². The van der Waals surface area contributed by atoms with Gasteiger partial charge < -0.3 is 14.6 Å². The highest BCUT2D eigenvalue weighted by atomic mass is 16.6. The Bertz CT molecular complexity index is 162. The van der Waals surface area contributed by atoms with Gasteiger partial charge in [0, 0.05) is 7.11 Å². The third-order valence-corrected chi connectivity index (χ3v) is 1.29. The Kier molecular flexibility index (Phi) is 5.32. The maximum atomic E-state index is 10.9. The first kappa shape index (κ1) is 11.1. The Morgan fingerprint density at radius 3 is 2.58 bits per heavy atom. The predicted octanol–water partition coefficient (Wildman–Crippen LogP) is 0.113. The van der Waals surface area contributed by atoms with E-state index < -0.39 is 12.1 Å². The van der Waals surface area contributed by atoms with Crippen molar-refractivity contribution in [2.24, 2.45) is 0 Å². The summed E-state index contributed by atoms with van der Waals surface area (Å²) in [6, 6.07) is 0. The van der Waals surface area contributed by atoms with Crippen LogP contribution in [0.25, 0.3) is 0 Å². The summed E-state index contributed by atoms with van der Waals surface area (Å²) in [4.78, 5) is 10.9. The Labute approximate surface area is 71.8 Å². The Morgan fingerprint density at radius 1 is 1.58 bits per heavy atom. The van der Waals surface area contributed by atoms with Crippen LogP contribution in [0.4, 0.5) is 0 Å². The number of carbonyl (C=O) groups is 1. The lowest BCUT2D eigenvalue weighted by Crippen LogP contribution is -2.18. The van der Waals surface area contributed by atoms with Crippen LogP contribution in [0.1, 0.15) is 6.92 Å². The molecule has 0 radical (unpaired) electrons. The first-order chi connectivity index (χ1) is 5.59. The molecular formula is C8H14O4. The average Bonchev–Trinajstić information content (AvgIpc) is 2.03. The van der Waals surface area contributed by atoms with Crippen LogP contribution in [0, 0.1) is 0 Å². The van der Waals surface area contributed by atoms with E-state index in [4.69, 9.17) is 5.11 Å². The smallest absolute Gasteiger partial charge is 0.336 e. The summed E-state index contributed by atoms with van der Waals surface area (Å²) in [5.74, 6) is -0.581. The molecule has 0 amide bonds. The number of aliphatic hydroxyl groups is 1. The van der Waals surface area contributed by atoms with Crippen molar-refractivity contribution in [3.05, 3.63) is 12.2 Å². The van der Waals surface area contributed by atoms with Gasteiger partial charge in [-0.05, 0) is 6.92 Å². The number of esters is 1. The molecule has 1 atom stereocenters. The van der Waals surface area contributed by atoms with Crippen molar-refractivity contribution in [2.45, 2.75) is 13.0 Å². The molecule has 0 aliphatic carbocycles. The summed E-state index contributed by atoms with van der Waals surface area (Å²) >= 11 is 0. The van der Waals surface area contributed by atoms with E-state index in [1.54, 1.807) is 0 Å². The van der Waals surface area contributed by atoms with E-state index in [9.17, 15) is 4.79 Å². The fourth-order valence-corrected chi connectivity index (χ4v) is 0.481. The lowest BCUT2D eigenvalue weighted by Gasteiger charge is -2.07. The van der Waals surface area contributed by atoms with Crippen LogP contribution < -0.4 is 0 Å². The molecule has 4 nitrogen and oxygen atoms in total. The molecule has 0 saturated heterocycles. The van der Waals surface area contributed by atoms with Crippen LogP contribution in [0.5, 0.6) is 0 Å². The normalized spacial score (nSPS) is 12.2. The number of aliphatic hydroxyl groups excluding tert-OH is 1. The van der Waals surface area contributed by atoms with Gasteiger partial charge in [0.25, 0.3) is 0 Å². The molecule has 0 bridgehead atoms. The van der Waals surface area contributed by atoms with Crippen LogP contribution in [-0.2, 0) is 14.3 Å². The Morgan fingerprint density at radius 2 is 2.17 bits per heavy atom.